The third kappa shape index (κ3) is 3.55. The molecule has 0 saturated heterocycles. The van der Waals surface area contributed by atoms with Gasteiger partial charge in [0, 0.05) is 13.0 Å². The second-order valence-corrected chi connectivity index (χ2v) is 4.61. The lowest BCUT2D eigenvalue weighted by Crippen LogP contribution is -2.14. The highest BCUT2D eigenvalue weighted by atomic mass is 35.5. The minimum absolute atomic E-state index is 0.0919. The number of benzene rings is 1. The van der Waals surface area contributed by atoms with Crippen LogP contribution >= 0.6 is 11.6 Å². The molecule has 106 valence electrons. The summed E-state index contributed by atoms with van der Waals surface area (Å²) in [4.78, 5) is 15.7. The Balaban J connectivity index is 2.16. The number of nitrogens with zero attached hydrogens (tertiary/aromatic N) is 3. The van der Waals surface area contributed by atoms with Crippen molar-refractivity contribution in [3.8, 4) is 5.69 Å². The Bertz CT molecular complexity index is 572. The van der Waals surface area contributed by atoms with E-state index in [-0.39, 0.29) is 12.5 Å². The maximum Gasteiger partial charge on any atom is 0.224 e. The van der Waals surface area contributed by atoms with Crippen LogP contribution in [0.1, 0.15) is 19.3 Å². The molecule has 2 N–H and O–H groups in total. The first-order valence-electron chi connectivity index (χ1n) is 6.26. The number of carbonyl (C=O) groups is 1. The van der Waals surface area contributed by atoms with Gasteiger partial charge in [0.2, 0.25) is 5.91 Å². The summed E-state index contributed by atoms with van der Waals surface area (Å²) in [5, 5.41) is 16.0. The van der Waals surface area contributed by atoms with Crippen LogP contribution < -0.4 is 5.32 Å². The molecule has 0 fully saturated rings. The van der Waals surface area contributed by atoms with E-state index in [0.717, 1.165) is 0 Å². The van der Waals surface area contributed by atoms with Crippen molar-refractivity contribution in [1.82, 2.24) is 14.8 Å². The molecule has 0 aliphatic heterocycles. The number of carbonyl (C=O) groups excluding carboxylic acids is 1. The number of aliphatic hydroxyl groups excluding tert-OH is 1. The second-order valence-electron chi connectivity index (χ2n) is 4.20. The molecule has 0 aliphatic rings. The van der Waals surface area contributed by atoms with E-state index < -0.39 is 0 Å². The molecule has 1 aromatic heterocycles. The summed E-state index contributed by atoms with van der Waals surface area (Å²) in [6, 6.07) is 5.24. The van der Waals surface area contributed by atoms with Crippen LogP contribution in [0.3, 0.4) is 0 Å². The fourth-order valence-electron chi connectivity index (χ4n) is 1.78. The predicted octanol–water partition coefficient (Wildman–Crippen LogP) is 2.02. The van der Waals surface area contributed by atoms with Crippen LogP contribution in [0.15, 0.2) is 30.9 Å². The Morgan fingerprint density at radius 3 is 2.95 bits per heavy atom. The fourth-order valence-corrected chi connectivity index (χ4v) is 2.04. The van der Waals surface area contributed by atoms with Crippen molar-refractivity contribution in [2.24, 2.45) is 0 Å². The van der Waals surface area contributed by atoms with Crippen LogP contribution in [-0.2, 0) is 4.79 Å². The zero-order valence-electron chi connectivity index (χ0n) is 10.8. The number of unbranched alkanes of at least 4 members (excludes halogenated alkanes) is 1. The molecule has 7 heteroatoms. The summed E-state index contributed by atoms with van der Waals surface area (Å²) >= 11 is 6.16. The molecular weight excluding hydrogens is 280 g/mol. The van der Waals surface area contributed by atoms with E-state index >= 15 is 0 Å². The SMILES string of the molecule is O=C(CCCCO)Nc1cccc(Cl)c1-n1cncn1. The Morgan fingerprint density at radius 2 is 2.25 bits per heavy atom. The quantitative estimate of drug-likeness (QED) is 0.799. The maximum absolute atomic E-state index is 11.8. The minimum atomic E-state index is -0.123. The van der Waals surface area contributed by atoms with E-state index in [9.17, 15) is 4.79 Å². The van der Waals surface area contributed by atoms with E-state index in [1.54, 1.807) is 18.2 Å². The largest absolute Gasteiger partial charge is 0.396 e. The first-order chi connectivity index (χ1) is 9.72. The van der Waals surface area contributed by atoms with E-state index in [2.05, 4.69) is 15.4 Å². The standard InChI is InChI=1S/C13H15ClN4O2/c14-10-4-3-5-11(13(10)18-9-15-8-16-18)17-12(20)6-1-2-7-19/h3-5,8-9,19H,1-2,6-7H2,(H,17,20). The van der Waals surface area contributed by atoms with Gasteiger partial charge in [-0.1, -0.05) is 17.7 Å². The third-order valence-corrected chi connectivity index (χ3v) is 3.03. The lowest BCUT2D eigenvalue weighted by Gasteiger charge is -2.12. The number of hydrogen-bond donors (Lipinski definition) is 2. The molecule has 1 heterocycles. The van der Waals surface area contributed by atoms with Crippen LogP contribution in [0.2, 0.25) is 5.02 Å². The van der Waals surface area contributed by atoms with Crippen LogP contribution in [0.25, 0.3) is 5.69 Å². The van der Waals surface area contributed by atoms with E-state index in [0.29, 0.717) is 35.7 Å². The average Bonchev–Trinajstić information content (AvgIpc) is 2.93. The maximum atomic E-state index is 11.8. The number of aromatic nitrogens is 3. The van der Waals surface area contributed by atoms with Crippen molar-refractivity contribution in [2.45, 2.75) is 19.3 Å². The average molecular weight is 295 g/mol. The summed E-state index contributed by atoms with van der Waals surface area (Å²) in [6.07, 6.45) is 4.52. The van der Waals surface area contributed by atoms with Crippen LogP contribution in [0.4, 0.5) is 5.69 Å². The van der Waals surface area contributed by atoms with Gasteiger partial charge < -0.3 is 10.4 Å². The summed E-state index contributed by atoms with van der Waals surface area (Å²) in [6.45, 7) is 0.0919. The first-order valence-corrected chi connectivity index (χ1v) is 6.64. The minimum Gasteiger partial charge on any atom is -0.396 e. The molecule has 1 amide bonds. The monoisotopic (exact) mass is 294 g/mol. The van der Waals surface area contributed by atoms with E-state index in [4.69, 9.17) is 16.7 Å². The molecule has 0 unspecified atom stereocenters. The zero-order valence-corrected chi connectivity index (χ0v) is 11.5. The van der Waals surface area contributed by atoms with Crippen molar-refractivity contribution in [2.75, 3.05) is 11.9 Å². The molecule has 0 saturated carbocycles. The predicted molar refractivity (Wildman–Crippen MR) is 75.9 cm³/mol. The number of amides is 1. The zero-order chi connectivity index (χ0) is 14.4. The van der Waals surface area contributed by atoms with Crippen molar-refractivity contribution < 1.29 is 9.90 Å². The highest BCUT2D eigenvalue weighted by molar-refractivity contribution is 6.33. The van der Waals surface area contributed by atoms with Gasteiger partial charge in [-0.15, -0.1) is 0 Å². The molecular formula is C13H15ClN4O2. The Morgan fingerprint density at radius 1 is 1.40 bits per heavy atom. The fraction of sp³-hybridized carbons (Fsp3) is 0.308. The number of aliphatic hydroxyl groups is 1. The van der Waals surface area contributed by atoms with Gasteiger partial charge in [0.1, 0.15) is 18.3 Å². The molecule has 2 aromatic rings. The van der Waals surface area contributed by atoms with Crippen molar-refractivity contribution >= 4 is 23.2 Å². The topological polar surface area (TPSA) is 80.0 Å². The summed E-state index contributed by atoms with van der Waals surface area (Å²) in [5.41, 5.74) is 1.17. The highest BCUT2D eigenvalue weighted by Gasteiger charge is 2.12. The Kier molecular flexibility index (Phi) is 5.09. The van der Waals surface area contributed by atoms with Crippen LogP contribution in [-0.4, -0.2) is 32.4 Å². The lowest BCUT2D eigenvalue weighted by molar-refractivity contribution is -0.116. The normalized spacial score (nSPS) is 10.5. The number of para-hydroxylation sites is 1. The smallest absolute Gasteiger partial charge is 0.224 e. The Labute approximate surface area is 121 Å². The van der Waals surface area contributed by atoms with E-state index in [1.807, 2.05) is 0 Å². The van der Waals surface area contributed by atoms with Crippen molar-refractivity contribution in [3.05, 3.63) is 35.9 Å². The second kappa shape index (κ2) is 7.02. The van der Waals surface area contributed by atoms with Gasteiger partial charge >= 0.3 is 0 Å². The molecule has 1 aromatic carbocycles. The summed E-state index contributed by atoms with van der Waals surface area (Å²) in [5.74, 6) is -0.123. The molecule has 2 rings (SSSR count). The van der Waals surface area contributed by atoms with Gasteiger partial charge in [0.05, 0.1) is 10.7 Å². The van der Waals surface area contributed by atoms with E-state index in [1.165, 1.54) is 17.3 Å². The van der Waals surface area contributed by atoms with Crippen molar-refractivity contribution in [3.63, 3.8) is 0 Å². The Hall–Kier alpha value is -1.92. The molecule has 0 spiro atoms. The van der Waals surface area contributed by atoms with Crippen molar-refractivity contribution in [1.29, 1.82) is 0 Å². The molecule has 6 nitrogen and oxygen atoms in total. The molecule has 0 atom stereocenters. The number of halogens is 1. The number of hydrogen-bond acceptors (Lipinski definition) is 4. The van der Waals surface area contributed by atoms with Gasteiger partial charge in [-0.05, 0) is 25.0 Å². The lowest BCUT2D eigenvalue weighted by atomic mass is 10.2. The molecule has 0 radical (unpaired) electrons. The van der Waals surface area contributed by atoms with Gasteiger partial charge in [-0.2, -0.15) is 5.10 Å². The van der Waals surface area contributed by atoms with Gasteiger partial charge in [-0.25, -0.2) is 9.67 Å². The van der Waals surface area contributed by atoms with Crippen LogP contribution in [0, 0.1) is 0 Å². The van der Waals surface area contributed by atoms with Gasteiger partial charge in [0.25, 0.3) is 0 Å². The molecule has 20 heavy (non-hydrogen) atoms. The highest BCUT2D eigenvalue weighted by Crippen LogP contribution is 2.27. The van der Waals surface area contributed by atoms with Gasteiger partial charge in [0.15, 0.2) is 0 Å². The number of anilines is 1. The molecule has 0 bridgehead atoms. The summed E-state index contributed by atoms with van der Waals surface area (Å²) < 4.78 is 1.51. The van der Waals surface area contributed by atoms with Gasteiger partial charge in [-0.3, -0.25) is 4.79 Å². The number of nitrogens with one attached hydrogen (secondary N) is 1. The first kappa shape index (κ1) is 14.5. The van der Waals surface area contributed by atoms with Crippen LogP contribution in [0.5, 0.6) is 0 Å². The molecule has 0 aliphatic carbocycles. The number of rotatable bonds is 6. The third-order valence-electron chi connectivity index (χ3n) is 2.72. The summed E-state index contributed by atoms with van der Waals surface area (Å²) in [7, 11) is 0.